The molecule has 0 atom stereocenters. The molecule has 2 rings (SSSR count). The molecule has 0 radical (unpaired) electrons. The van der Waals surface area contributed by atoms with Crippen LogP contribution in [0.2, 0.25) is 0 Å². The number of nitrogens with one attached hydrogen (secondary N) is 1. The lowest BCUT2D eigenvalue weighted by Gasteiger charge is -2.06. The SMILES string of the molecule is CCCn1nnnc1NC(=O)c1ccc(OC)c([N+](=O)[O-])c1. The van der Waals surface area contributed by atoms with E-state index in [4.69, 9.17) is 4.74 Å². The Labute approximate surface area is 125 Å². The molecule has 0 unspecified atom stereocenters. The van der Waals surface area contributed by atoms with Crippen LogP contribution in [-0.4, -0.2) is 38.1 Å². The van der Waals surface area contributed by atoms with E-state index in [1.807, 2.05) is 6.92 Å². The highest BCUT2D eigenvalue weighted by molar-refractivity contribution is 6.03. The number of nitrogens with zero attached hydrogens (tertiary/aromatic N) is 5. The van der Waals surface area contributed by atoms with Crippen LogP contribution in [0, 0.1) is 10.1 Å². The van der Waals surface area contributed by atoms with E-state index in [0.717, 1.165) is 12.5 Å². The summed E-state index contributed by atoms with van der Waals surface area (Å²) in [5, 5.41) is 24.4. The molecule has 1 N–H and O–H groups in total. The van der Waals surface area contributed by atoms with Gasteiger partial charge in [0.15, 0.2) is 5.75 Å². The van der Waals surface area contributed by atoms with Crippen molar-refractivity contribution in [3.05, 3.63) is 33.9 Å². The van der Waals surface area contributed by atoms with Crippen LogP contribution >= 0.6 is 0 Å². The largest absolute Gasteiger partial charge is 0.490 e. The van der Waals surface area contributed by atoms with Crippen molar-refractivity contribution in [2.24, 2.45) is 0 Å². The number of methoxy groups -OCH3 is 1. The van der Waals surface area contributed by atoms with Gasteiger partial charge in [0.05, 0.1) is 12.0 Å². The van der Waals surface area contributed by atoms with E-state index in [1.165, 1.54) is 23.9 Å². The van der Waals surface area contributed by atoms with Crippen LogP contribution in [0.25, 0.3) is 0 Å². The summed E-state index contributed by atoms with van der Waals surface area (Å²) in [7, 11) is 1.32. The van der Waals surface area contributed by atoms with E-state index in [9.17, 15) is 14.9 Å². The monoisotopic (exact) mass is 306 g/mol. The molecule has 10 nitrogen and oxygen atoms in total. The summed E-state index contributed by atoms with van der Waals surface area (Å²) in [6, 6.07) is 3.93. The Kier molecular flexibility index (Phi) is 4.61. The second kappa shape index (κ2) is 6.61. The molecule has 1 aromatic carbocycles. The summed E-state index contributed by atoms with van der Waals surface area (Å²) < 4.78 is 6.33. The first-order valence-electron chi connectivity index (χ1n) is 6.46. The lowest BCUT2D eigenvalue weighted by Crippen LogP contribution is -2.16. The summed E-state index contributed by atoms with van der Waals surface area (Å²) in [4.78, 5) is 22.5. The van der Waals surface area contributed by atoms with E-state index in [0.29, 0.717) is 6.54 Å². The van der Waals surface area contributed by atoms with Crippen molar-refractivity contribution < 1.29 is 14.5 Å². The Balaban J connectivity index is 2.24. The number of anilines is 1. The van der Waals surface area contributed by atoms with Gasteiger partial charge in [-0.05, 0) is 29.0 Å². The second-order valence-corrected chi connectivity index (χ2v) is 4.32. The molecule has 1 heterocycles. The van der Waals surface area contributed by atoms with Crippen LogP contribution in [0.3, 0.4) is 0 Å². The zero-order valence-electron chi connectivity index (χ0n) is 12.0. The van der Waals surface area contributed by atoms with Gasteiger partial charge in [-0.25, -0.2) is 4.68 Å². The third-order valence-electron chi connectivity index (χ3n) is 2.83. The second-order valence-electron chi connectivity index (χ2n) is 4.32. The quantitative estimate of drug-likeness (QED) is 0.628. The summed E-state index contributed by atoms with van der Waals surface area (Å²) in [5.74, 6) is -0.277. The van der Waals surface area contributed by atoms with E-state index >= 15 is 0 Å². The Hall–Kier alpha value is -3.04. The number of carbonyl (C=O) groups excluding carboxylic acids is 1. The molecule has 22 heavy (non-hydrogen) atoms. The molecule has 0 aliphatic carbocycles. The molecule has 1 amide bonds. The van der Waals surface area contributed by atoms with Crippen molar-refractivity contribution in [1.29, 1.82) is 0 Å². The third kappa shape index (κ3) is 3.16. The van der Waals surface area contributed by atoms with Crippen LogP contribution in [0.5, 0.6) is 5.75 Å². The summed E-state index contributed by atoms with van der Waals surface area (Å²) in [5.41, 5.74) is -0.179. The maximum Gasteiger partial charge on any atom is 0.311 e. The van der Waals surface area contributed by atoms with Gasteiger partial charge in [0.2, 0.25) is 5.95 Å². The zero-order valence-corrected chi connectivity index (χ0v) is 12.0. The highest BCUT2D eigenvalue weighted by Gasteiger charge is 2.19. The molecule has 0 bridgehead atoms. The van der Waals surface area contributed by atoms with Crippen LogP contribution in [-0.2, 0) is 6.54 Å². The van der Waals surface area contributed by atoms with Crippen LogP contribution in [0.1, 0.15) is 23.7 Å². The fourth-order valence-electron chi connectivity index (χ4n) is 1.80. The van der Waals surface area contributed by atoms with E-state index in [2.05, 4.69) is 20.8 Å². The minimum absolute atomic E-state index is 0.0809. The number of rotatable bonds is 6. The average molecular weight is 306 g/mol. The molecule has 0 aliphatic rings. The van der Waals surface area contributed by atoms with Crippen molar-refractivity contribution in [1.82, 2.24) is 20.2 Å². The lowest BCUT2D eigenvalue weighted by atomic mass is 10.1. The van der Waals surface area contributed by atoms with Gasteiger partial charge in [0.25, 0.3) is 5.91 Å². The highest BCUT2D eigenvalue weighted by Crippen LogP contribution is 2.27. The van der Waals surface area contributed by atoms with Crippen molar-refractivity contribution in [2.45, 2.75) is 19.9 Å². The summed E-state index contributed by atoms with van der Waals surface area (Å²) in [6.45, 7) is 2.49. The number of aryl methyl sites for hydroxylation is 1. The average Bonchev–Trinajstić information content (AvgIpc) is 2.94. The van der Waals surface area contributed by atoms with Crippen molar-refractivity contribution in [3.8, 4) is 5.75 Å². The number of benzene rings is 1. The number of carbonyl (C=O) groups is 1. The molecule has 116 valence electrons. The predicted octanol–water partition coefficient (Wildman–Crippen LogP) is 1.25. The minimum Gasteiger partial charge on any atom is -0.490 e. The van der Waals surface area contributed by atoms with E-state index < -0.39 is 10.8 Å². The molecule has 0 saturated carbocycles. The molecule has 0 aliphatic heterocycles. The Morgan fingerprint density at radius 3 is 2.91 bits per heavy atom. The molecule has 0 fully saturated rings. The molecule has 1 aromatic heterocycles. The number of hydrogen-bond acceptors (Lipinski definition) is 7. The topological polar surface area (TPSA) is 125 Å². The van der Waals surface area contributed by atoms with Gasteiger partial charge in [0, 0.05) is 18.2 Å². The third-order valence-corrected chi connectivity index (χ3v) is 2.83. The van der Waals surface area contributed by atoms with Gasteiger partial charge in [-0.15, -0.1) is 0 Å². The summed E-state index contributed by atoms with van der Waals surface area (Å²) >= 11 is 0. The van der Waals surface area contributed by atoms with Crippen molar-refractivity contribution >= 4 is 17.5 Å². The first-order valence-corrected chi connectivity index (χ1v) is 6.46. The van der Waals surface area contributed by atoms with Gasteiger partial charge >= 0.3 is 5.69 Å². The number of amides is 1. The molecule has 0 spiro atoms. The van der Waals surface area contributed by atoms with E-state index in [1.54, 1.807) is 0 Å². The normalized spacial score (nSPS) is 10.3. The fourth-order valence-corrected chi connectivity index (χ4v) is 1.80. The van der Waals surface area contributed by atoms with Crippen LogP contribution in [0.4, 0.5) is 11.6 Å². The number of tetrazole rings is 1. The predicted molar refractivity (Wildman–Crippen MR) is 75.7 cm³/mol. The van der Waals surface area contributed by atoms with Gasteiger partial charge in [-0.2, -0.15) is 0 Å². The minimum atomic E-state index is -0.614. The summed E-state index contributed by atoms with van der Waals surface area (Å²) in [6.07, 6.45) is 0.794. The maximum atomic E-state index is 12.2. The Morgan fingerprint density at radius 1 is 1.50 bits per heavy atom. The van der Waals surface area contributed by atoms with Gasteiger partial charge in [-0.1, -0.05) is 12.0 Å². The highest BCUT2D eigenvalue weighted by atomic mass is 16.6. The number of aromatic nitrogens is 4. The Morgan fingerprint density at radius 2 is 2.27 bits per heavy atom. The van der Waals surface area contributed by atoms with Gasteiger partial charge in [-0.3, -0.25) is 20.2 Å². The van der Waals surface area contributed by atoms with Gasteiger partial charge < -0.3 is 4.74 Å². The van der Waals surface area contributed by atoms with Crippen LogP contribution in [0.15, 0.2) is 18.2 Å². The number of ether oxygens (including phenoxy) is 1. The molecule has 10 heteroatoms. The first-order chi connectivity index (χ1) is 10.6. The molecular formula is C12H14N6O4. The van der Waals surface area contributed by atoms with Crippen LogP contribution < -0.4 is 10.1 Å². The number of nitro groups is 1. The molecule has 2 aromatic rings. The fraction of sp³-hybridized carbons (Fsp3) is 0.333. The maximum absolute atomic E-state index is 12.2. The zero-order chi connectivity index (χ0) is 16.1. The molecule has 0 saturated heterocycles. The van der Waals surface area contributed by atoms with Crippen molar-refractivity contribution in [2.75, 3.05) is 12.4 Å². The van der Waals surface area contributed by atoms with E-state index in [-0.39, 0.29) is 22.9 Å². The first kappa shape index (κ1) is 15.4. The standard InChI is InChI=1S/C12H14N6O4/c1-3-6-17-12(14-15-16-17)13-11(19)8-4-5-10(22-2)9(7-8)18(20)21/h4-5,7H,3,6H2,1-2H3,(H,13,14,16,19). The smallest absolute Gasteiger partial charge is 0.311 e. The molecular weight excluding hydrogens is 292 g/mol. The van der Waals surface area contributed by atoms with Crippen molar-refractivity contribution in [3.63, 3.8) is 0 Å². The lowest BCUT2D eigenvalue weighted by molar-refractivity contribution is -0.385. The van der Waals surface area contributed by atoms with Gasteiger partial charge in [0.1, 0.15) is 0 Å². The number of hydrogen-bond donors (Lipinski definition) is 1. The number of nitro benzene ring substituents is 1. The Bertz CT molecular complexity index is 699.